The quantitative estimate of drug-likeness (QED) is 0.556. The van der Waals surface area contributed by atoms with E-state index in [1.54, 1.807) is 0 Å². The van der Waals surface area contributed by atoms with Gasteiger partial charge in [0.15, 0.2) is 0 Å². The molecule has 5 heteroatoms. The second-order valence-electron chi connectivity index (χ2n) is 5.19. The van der Waals surface area contributed by atoms with Crippen molar-refractivity contribution in [1.29, 1.82) is 0 Å². The summed E-state index contributed by atoms with van der Waals surface area (Å²) < 4.78 is 10.4. The fraction of sp³-hybridized carbons (Fsp3) is 0.562. The summed E-state index contributed by atoms with van der Waals surface area (Å²) >= 11 is 0. The third kappa shape index (κ3) is 6.60. The first-order chi connectivity index (χ1) is 10.1. The van der Waals surface area contributed by atoms with Crippen molar-refractivity contribution in [2.75, 3.05) is 26.8 Å². The highest BCUT2D eigenvalue weighted by molar-refractivity contribution is 5.71. The smallest absolute Gasteiger partial charge is 0.319 e. The maximum absolute atomic E-state index is 11.3. The van der Waals surface area contributed by atoms with E-state index in [1.165, 1.54) is 7.11 Å². The number of carbonyl (C=O) groups is 1. The number of nitrogens with two attached hydrogens (primary N) is 1. The summed E-state index contributed by atoms with van der Waals surface area (Å²) in [6.45, 7) is 6.40. The Hall–Kier alpha value is -1.59. The Kier molecular flexibility index (Phi) is 7.79. The summed E-state index contributed by atoms with van der Waals surface area (Å²) in [5.74, 6) is 0.637. The van der Waals surface area contributed by atoms with Crippen molar-refractivity contribution in [1.82, 2.24) is 4.90 Å². The summed E-state index contributed by atoms with van der Waals surface area (Å²) in [7, 11) is 1.41. The maximum Gasteiger partial charge on any atom is 0.319 e. The van der Waals surface area contributed by atoms with Gasteiger partial charge in [0.1, 0.15) is 5.75 Å². The van der Waals surface area contributed by atoms with Gasteiger partial charge < -0.3 is 15.2 Å². The molecular weight excluding hydrogens is 268 g/mol. The molecule has 1 aromatic carbocycles. The van der Waals surface area contributed by atoms with Crippen molar-refractivity contribution in [3.63, 3.8) is 0 Å². The molecule has 0 fully saturated rings. The van der Waals surface area contributed by atoms with Crippen molar-refractivity contribution < 1.29 is 14.3 Å². The predicted octanol–water partition coefficient (Wildman–Crippen LogP) is 1.80. The van der Waals surface area contributed by atoms with E-state index in [-0.39, 0.29) is 5.97 Å². The molecule has 0 unspecified atom stereocenters. The van der Waals surface area contributed by atoms with Gasteiger partial charge in [-0.2, -0.15) is 0 Å². The van der Waals surface area contributed by atoms with Crippen LogP contribution in [-0.4, -0.2) is 43.7 Å². The molecule has 0 bridgehead atoms. The number of hydrogen-bond donors (Lipinski definition) is 1. The molecule has 0 saturated carbocycles. The summed E-state index contributed by atoms with van der Waals surface area (Å²) in [5.41, 5.74) is 6.64. The highest BCUT2D eigenvalue weighted by Crippen LogP contribution is 2.12. The zero-order valence-corrected chi connectivity index (χ0v) is 13.2. The van der Waals surface area contributed by atoms with Crippen LogP contribution in [0, 0.1) is 0 Å². The number of benzene rings is 1. The Morgan fingerprint density at radius 2 is 1.95 bits per heavy atom. The topological polar surface area (TPSA) is 64.8 Å². The molecule has 1 rings (SSSR count). The van der Waals surface area contributed by atoms with Gasteiger partial charge >= 0.3 is 5.97 Å². The van der Waals surface area contributed by atoms with Crippen LogP contribution < -0.4 is 10.5 Å². The van der Waals surface area contributed by atoms with Crippen LogP contribution in [0.15, 0.2) is 24.3 Å². The van der Waals surface area contributed by atoms with Gasteiger partial charge in [0.05, 0.1) is 20.3 Å². The summed E-state index contributed by atoms with van der Waals surface area (Å²) in [4.78, 5) is 13.4. The lowest BCUT2D eigenvalue weighted by atomic mass is 10.2. The predicted molar refractivity (Wildman–Crippen MR) is 83.2 cm³/mol. The number of nitrogens with zero attached hydrogens (tertiary/aromatic N) is 1. The highest BCUT2D eigenvalue weighted by atomic mass is 16.5. The molecule has 118 valence electrons. The second-order valence-corrected chi connectivity index (χ2v) is 5.19. The van der Waals surface area contributed by atoms with E-state index in [0.717, 1.165) is 24.3 Å². The van der Waals surface area contributed by atoms with Crippen LogP contribution in [0.3, 0.4) is 0 Å². The Bertz CT molecular complexity index is 418. The molecule has 0 aliphatic carbocycles. The molecule has 1 aromatic rings. The average molecular weight is 294 g/mol. The highest BCUT2D eigenvalue weighted by Gasteiger charge is 2.13. The zero-order chi connectivity index (χ0) is 15.7. The fourth-order valence-corrected chi connectivity index (χ4v) is 1.93. The van der Waals surface area contributed by atoms with E-state index < -0.39 is 0 Å². The first-order valence-electron chi connectivity index (χ1n) is 7.29. The lowest BCUT2D eigenvalue weighted by Crippen LogP contribution is -2.37. The van der Waals surface area contributed by atoms with Gasteiger partial charge in [0.2, 0.25) is 0 Å². The molecule has 0 saturated heterocycles. The molecule has 2 N–H and O–H groups in total. The van der Waals surface area contributed by atoms with Crippen LogP contribution in [0.4, 0.5) is 0 Å². The molecule has 0 heterocycles. The third-order valence-corrected chi connectivity index (χ3v) is 3.31. The van der Waals surface area contributed by atoms with Gasteiger partial charge in [-0.15, -0.1) is 0 Å². The Balaban J connectivity index is 2.31. The minimum absolute atomic E-state index is 0.206. The molecular formula is C16H26N2O3. The Morgan fingerprint density at radius 3 is 2.48 bits per heavy atom. The largest absolute Gasteiger partial charge is 0.494 e. The van der Waals surface area contributed by atoms with E-state index >= 15 is 0 Å². The minimum Gasteiger partial charge on any atom is -0.494 e. The van der Waals surface area contributed by atoms with Gasteiger partial charge in [0, 0.05) is 19.1 Å². The third-order valence-electron chi connectivity index (χ3n) is 3.31. The lowest BCUT2D eigenvalue weighted by molar-refractivity contribution is -0.142. The Morgan fingerprint density at radius 1 is 1.29 bits per heavy atom. The molecule has 0 aromatic heterocycles. The van der Waals surface area contributed by atoms with E-state index in [0.29, 0.717) is 25.7 Å². The van der Waals surface area contributed by atoms with Crippen LogP contribution >= 0.6 is 0 Å². The number of hydrogen-bond acceptors (Lipinski definition) is 5. The van der Waals surface area contributed by atoms with Gasteiger partial charge in [0.25, 0.3) is 0 Å². The van der Waals surface area contributed by atoms with E-state index in [9.17, 15) is 4.79 Å². The van der Waals surface area contributed by atoms with Crippen molar-refractivity contribution in [2.24, 2.45) is 5.73 Å². The van der Waals surface area contributed by atoms with Crippen molar-refractivity contribution >= 4 is 5.97 Å². The van der Waals surface area contributed by atoms with Crippen molar-refractivity contribution in [3.05, 3.63) is 29.8 Å². The summed E-state index contributed by atoms with van der Waals surface area (Å²) in [6.07, 6.45) is 0.855. The molecule has 0 amide bonds. The van der Waals surface area contributed by atoms with E-state index in [4.69, 9.17) is 15.2 Å². The summed E-state index contributed by atoms with van der Waals surface area (Å²) in [5, 5.41) is 0. The standard InChI is InChI=1S/C16H26N2O3/c1-13(2)18(12-16(19)20-3)9-4-10-21-15-7-5-14(11-17)6-8-15/h5-8,13H,4,9-12,17H2,1-3H3. The van der Waals surface area contributed by atoms with Crippen LogP contribution in [0.25, 0.3) is 0 Å². The van der Waals surface area contributed by atoms with Gasteiger partial charge in [-0.3, -0.25) is 9.69 Å². The van der Waals surface area contributed by atoms with E-state index in [1.807, 2.05) is 24.3 Å². The fourth-order valence-electron chi connectivity index (χ4n) is 1.93. The molecule has 5 nitrogen and oxygen atoms in total. The van der Waals surface area contributed by atoms with E-state index in [2.05, 4.69) is 18.7 Å². The second kappa shape index (κ2) is 9.37. The SMILES string of the molecule is COC(=O)CN(CCCOc1ccc(CN)cc1)C(C)C. The molecule has 21 heavy (non-hydrogen) atoms. The molecule has 0 spiro atoms. The summed E-state index contributed by atoms with van der Waals surface area (Å²) in [6, 6.07) is 8.08. The van der Waals surface area contributed by atoms with Crippen LogP contribution in [0.2, 0.25) is 0 Å². The minimum atomic E-state index is -0.206. The maximum atomic E-state index is 11.3. The zero-order valence-electron chi connectivity index (χ0n) is 13.2. The molecule has 0 atom stereocenters. The van der Waals surface area contributed by atoms with Crippen molar-refractivity contribution in [3.8, 4) is 5.75 Å². The lowest BCUT2D eigenvalue weighted by Gasteiger charge is -2.24. The van der Waals surface area contributed by atoms with Crippen LogP contribution in [0.1, 0.15) is 25.8 Å². The van der Waals surface area contributed by atoms with Gasteiger partial charge in [-0.05, 0) is 38.0 Å². The molecule has 0 aliphatic heterocycles. The first kappa shape index (κ1) is 17.5. The number of carbonyl (C=O) groups excluding carboxylic acids is 1. The van der Waals surface area contributed by atoms with Gasteiger partial charge in [-0.1, -0.05) is 12.1 Å². The molecule has 0 aliphatic rings. The molecule has 0 radical (unpaired) electrons. The average Bonchev–Trinajstić information content (AvgIpc) is 2.50. The van der Waals surface area contributed by atoms with Crippen LogP contribution in [-0.2, 0) is 16.1 Å². The number of methoxy groups -OCH3 is 1. The number of ether oxygens (including phenoxy) is 2. The number of rotatable bonds is 9. The van der Waals surface area contributed by atoms with Gasteiger partial charge in [-0.25, -0.2) is 0 Å². The Labute approximate surface area is 127 Å². The monoisotopic (exact) mass is 294 g/mol. The van der Waals surface area contributed by atoms with Crippen molar-refractivity contribution in [2.45, 2.75) is 32.9 Å². The first-order valence-corrected chi connectivity index (χ1v) is 7.29. The number of esters is 1. The van der Waals surface area contributed by atoms with Crippen LogP contribution in [0.5, 0.6) is 5.75 Å². The normalized spacial score (nSPS) is 11.0.